The van der Waals surface area contributed by atoms with Crippen molar-refractivity contribution >= 4 is 32.5 Å². The molecule has 9 heteroatoms. The van der Waals surface area contributed by atoms with Crippen molar-refractivity contribution < 1.29 is 13.3 Å². The van der Waals surface area contributed by atoms with Gasteiger partial charge in [0.05, 0.1) is 42.0 Å². The van der Waals surface area contributed by atoms with Crippen LogP contribution in [0.2, 0.25) is 5.02 Å². The molecule has 0 amide bonds. The van der Waals surface area contributed by atoms with Crippen molar-refractivity contribution in [1.82, 2.24) is 14.3 Å². The summed E-state index contributed by atoms with van der Waals surface area (Å²) in [6, 6.07) is 13.5. The molecule has 2 N–H and O–H groups in total. The molecule has 4 rings (SSSR count). The van der Waals surface area contributed by atoms with E-state index in [-0.39, 0.29) is 5.56 Å². The summed E-state index contributed by atoms with van der Waals surface area (Å²) in [5.74, 6) is 0.578. The number of quaternary nitrogens is 1. The van der Waals surface area contributed by atoms with Crippen molar-refractivity contribution in [2.75, 3.05) is 26.2 Å². The highest BCUT2D eigenvalue weighted by Crippen LogP contribution is 2.16. The minimum Gasteiger partial charge on any atom is -0.326 e. The minimum atomic E-state index is -3.47. The number of fused-ring (bicyclic) bond motifs is 1. The van der Waals surface area contributed by atoms with Gasteiger partial charge in [-0.05, 0) is 30.3 Å². The van der Waals surface area contributed by atoms with Gasteiger partial charge in [0, 0.05) is 5.02 Å². The van der Waals surface area contributed by atoms with Crippen LogP contribution in [0.1, 0.15) is 5.82 Å². The number of nitrogens with one attached hydrogen (secondary N) is 2. The van der Waals surface area contributed by atoms with E-state index in [0.29, 0.717) is 59.4 Å². The van der Waals surface area contributed by atoms with Gasteiger partial charge in [-0.25, -0.2) is 13.4 Å². The van der Waals surface area contributed by atoms with E-state index < -0.39 is 10.0 Å². The van der Waals surface area contributed by atoms with Crippen molar-refractivity contribution in [2.24, 2.45) is 0 Å². The van der Waals surface area contributed by atoms with Gasteiger partial charge in [-0.3, -0.25) is 4.79 Å². The van der Waals surface area contributed by atoms with E-state index in [4.69, 9.17) is 11.6 Å². The summed E-state index contributed by atoms with van der Waals surface area (Å²) in [5.41, 5.74) is 0.372. The van der Waals surface area contributed by atoms with Gasteiger partial charge in [0.15, 0.2) is 5.82 Å². The second kappa shape index (κ2) is 7.63. The first kappa shape index (κ1) is 19.1. The van der Waals surface area contributed by atoms with Crippen molar-refractivity contribution in [3.8, 4) is 0 Å². The Morgan fingerprint density at radius 2 is 1.82 bits per heavy atom. The maximum absolute atomic E-state index is 12.7. The number of H-pyrrole nitrogens is 1. The average Bonchev–Trinajstić information content (AvgIpc) is 2.69. The Kier molecular flexibility index (Phi) is 5.20. The summed E-state index contributed by atoms with van der Waals surface area (Å²) >= 11 is 6.00. The zero-order valence-electron chi connectivity index (χ0n) is 15.1. The van der Waals surface area contributed by atoms with Crippen molar-refractivity contribution in [2.45, 2.75) is 11.4 Å². The van der Waals surface area contributed by atoms with E-state index in [1.54, 1.807) is 48.5 Å². The molecule has 0 spiro atoms. The fourth-order valence-corrected chi connectivity index (χ4v) is 5.07. The largest absolute Gasteiger partial charge is 0.326 e. The zero-order valence-corrected chi connectivity index (χ0v) is 16.6. The number of piperazine rings is 1. The van der Waals surface area contributed by atoms with Gasteiger partial charge in [-0.2, -0.15) is 4.31 Å². The maximum atomic E-state index is 12.7. The number of hydrogen-bond donors (Lipinski definition) is 2. The van der Waals surface area contributed by atoms with Crippen LogP contribution >= 0.6 is 11.6 Å². The molecule has 1 fully saturated rings. The van der Waals surface area contributed by atoms with Crippen LogP contribution in [0, 0.1) is 0 Å². The van der Waals surface area contributed by atoms with Gasteiger partial charge < -0.3 is 9.88 Å². The van der Waals surface area contributed by atoms with E-state index >= 15 is 0 Å². The Hall–Kier alpha value is -2.26. The molecule has 0 radical (unpaired) electrons. The lowest BCUT2D eigenvalue weighted by molar-refractivity contribution is -0.917. The summed E-state index contributed by atoms with van der Waals surface area (Å²) in [7, 11) is -3.47. The number of halogens is 1. The first-order valence-electron chi connectivity index (χ1n) is 9.01. The monoisotopic (exact) mass is 419 g/mol. The van der Waals surface area contributed by atoms with Crippen LogP contribution in [0.25, 0.3) is 10.9 Å². The second-order valence-electron chi connectivity index (χ2n) is 6.82. The highest BCUT2D eigenvalue weighted by atomic mass is 35.5. The molecule has 2 aromatic carbocycles. The number of aromatic nitrogens is 2. The lowest BCUT2D eigenvalue weighted by Crippen LogP contribution is -3.13. The third-order valence-electron chi connectivity index (χ3n) is 4.95. The van der Waals surface area contributed by atoms with Gasteiger partial charge in [-0.1, -0.05) is 29.8 Å². The van der Waals surface area contributed by atoms with E-state index in [1.165, 1.54) is 9.21 Å². The van der Waals surface area contributed by atoms with Gasteiger partial charge in [-0.15, -0.1) is 0 Å². The van der Waals surface area contributed by atoms with Crippen LogP contribution < -0.4 is 10.5 Å². The van der Waals surface area contributed by atoms with Crippen LogP contribution in [0.15, 0.2) is 58.2 Å². The molecule has 0 aliphatic carbocycles. The molecule has 7 nitrogen and oxygen atoms in total. The average molecular weight is 420 g/mol. The topological polar surface area (TPSA) is 87.6 Å². The van der Waals surface area contributed by atoms with E-state index in [0.717, 1.165) is 0 Å². The van der Waals surface area contributed by atoms with Crippen molar-refractivity contribution in [3.05, 3.63) is 69.7 Å². The fourth-order valence-electron chi connectivity index (χ4n) is 3.44. The number of benzene rings is 2. The van der Waals surface area contributed by atoms with Gasteiger partial charge >= 0.3 is 0 Å². The molecule has 1 aliphatic rings. The zero-order chi connectivity index (χ0) is 19.7. The summed E-state index contributed by atoms with van der Waals surface area (Å²) in [5, 5.41) is 1.03. The number of sulfonamides is 1. The highest BCUT2D eigenvalue weighted by Gasteiger charge is 2.30. The highest BCUT2D eigenvalue weighted by molar-refractivity contribution is 7.89. The lowest BCUT2D eigenvalue weighted by Gasteiger charge is -2.31. The second-order valence-corrected chi connectivity index (χ2v) is 9.19. The van der Waals surface area contributed by atoms with Crippen LogP contribution in [0.4, 0.5) is 0 Å². The molecular weight excluding hydrogens is 400 g/mol. The predicted molar refractivity (Wildman–Crippen MR) is 107 cm³/mol. The van der Waals surface area contributed by atoms with Gasteiger partial charge in [0.1, 0.15) is 6.54 Å². The molecule has 146 valence electrons. The number of rotatable bonds is 4. The smallest absolute Gasteiger partial charge is 0.258 e. The molecule has 28 heavy (non-hydrogen) atoms. The molecule has 0 bridgehead atoms. The van der Waals surface area contributed by atoms with Gasteiger partial charge in [0.2, 0.25) is 10.0 Å². The number of aromatic amines is 1. The van der Waals surface area contributed by atoms with Crippen LogP contribution in [-0.2, 0) is 16.6 Å². The normalized spacial score (nSPS) is 16.5. The Balaban J connectivity index is 1.46. The summed E-state index contributed by atoms with van der Waals surface area (Å²) in [6.45, 7) is 2.66. The Labute approximate surface area is 167 Å². The molecule has 1 aromatic heterocycles. The summed E-state index contributed by atoms with van der Waals surface area (Å²) in [6.07, 6.45) is 0. The molecule has 2 heterocycles. The number of nitrogens with zero attached hydrogens (tertiary/aromatic N) is 2. The molecule has 0 atom stereocenters. The lowest BCUT2D eigenvalue weighted by atomic mass is 10.2. The molecular formula is C19H20ClN4O3S+. The molecule has 1 saturated heterocycles. The molecule has 3 aromatic rings. The van der Waals surface area contributed by atoms with Crippen LogP contribution in [0.5, 0.6) is 0 Å². The SMILES string of the molecule is O=c1[nH]c(C[NH+]2CCN(S(=O)(=O)c3ccccc3)CC2)nc2cc(Cl)ccc12. The van der Waals surface area contributed by atoms with Crippen molar-refractivity contribution in [1.29, 1.82) is 0 Å². The summed E-state index contributed by atoms with van der Waals surface area (Å²) in [4.78, 5) is 21.1. The van der Waals surface area contributed by atoms with E-state index in [2.05, 4.69) is 9.97 Å². The first-order chi connectivity index (χ1) is 13.4. The quantitative estimate of drug-likeness (QED) is 0.650. The van der Waals surface area contributed by atoms with Crippen LogP contribution in [-0.4, -0.2) is 48.9 Å². The maximum Gasteiger partial charge on any atom is 0.258 e. The third kappa shape index (κ3) is 3.81. The molecule has 1 aliphatic heterocycles. The number of hydrogen-bond acceptors (Lipinski definition) is 4. The van der Waals surface area contributed by atoms with E-state index in [1.807, 2.05) is 0 Å². The van der Waals surface area contributed by atoms with E-state index in [9.17, 15) is 13.2 Å². The standard InChI is InChI=1S/C19H19ClN4O3S/c20-14-6-7-16-17(12-14)21-18(22-19(16)25)13-23-8-10-24(11-9-23)28(26,27)15-4-2-1-3-5-15/h1-7,12H,8-11,13H2,(H,21,22,25)/p+1. The fraction of sp³-hybridized carbons (Fsp3) is 0.263. The minimum absolute atomic E-state index is 0.193. The predicted octanol–water partition coefficient (Wildman–Crippen LogP) is 0.666. The van der Waals surface area contributed by atoms with Crippen molar-refractivity contribution in [3.63, 3.8) is 0 Å². The Morgan fingerprint density at radius 1 is 1.11 bits per heavy atom. The van der Waals surface area contributed by atoms with Crippen LogP contribution in [0.3, 0.4) is 0 Å². The van der Waals surface area contributed by atoms with Gasteiger partial charge in [0.25, 0.3) is 5.56 Å². The first-order valence-corrected chi connectivity index (χ1v) is 10.8. The third-order valence-corrected chi connectivity index (χ3v) is 7.09. The molecule has 0 unspecified atom stereocenters. The Morgan fingerprint density at radius 3 is 2.54 bits per heavy atom. The molecule has 0 saturated carbocycles. The Bertz CT molecular complexity index is 1160. The summed E-state index contributed by atoms with van der Waals surface area (Å²) < 4.78 is 27.0.